The van der Waals surface area contributed by atoms with Gasteiger partial charge in [-0.05, 0) is 11.1 Å². The lowest BCUT2D eigenvalue weighted by Gasteiger charge is -2.18. The largest absolute Gasteiger partial charge is 0.480 e. The van der Waals surface area contributed by atoms with E-state index in [0.29, 0.717) is 0 Å². The van der Waals surface area contributed by atoms with Crippen molar-refractivity contribution in [2.24, 2.45) is 0 Å². The second-order valence-corrected chi connectivity index (χ2v) is 5.56. The van der Waals surface area contributed by atoms with E-state index in [2.05, 4.69) is 10.6 Å². The highest BCUT2D eigenvalue weighted by molar-refractivity contribution is 5.88. The van der Waals surface area contributed by atoms with E-state index < -0.39 is 30.6 Å². The molecule has 2 rings (SSSR count). The van der Waals surface area contributed by atoms with Crippen LogP contribution in [0.2, 0.25) is 0 Å². The fourth-order valence-corrected chi connectivity index (χ4v) is 2.25. The summed E-state index contributed by atoms with van der Waals surface area (Å²) in [6.45, 7) is -0.452. The smallest absolute Gasteiger partial charge is 0.408 e. The van der Waals surface area contributed by atoms with Gasteiger partial charge in [-0.15, -0.1) is 0 Å². The summed E-state index contributed by atoms with van der Waals surface area (Å²) in [5, 5.41) is 13.5. The number of carbonyl (C=O) groups is 3. The van der Waals surface area contributed by atoms with Crippen LogP contribution in [0.5, 0.6) is 0 Å². The van der Waals surface area contributed by atoms with Crippen LogP contribution in [0, 0.1) is 0 Å². The Morgan fingerprint density at radius 2 is 1.50 bits per heavy atom. The molecule has 136 valence electrons. The van der Waals surface area contributed by atoms with Crippen molar-refractivity contribution in [2.45, 2.75) is 19.1 Å². The average Bonchev–Trinajstić information content (AvgIpc) is 2.65. The highest BCUT2D eigenvalue weighted by atomic mass is 16.5. The molecule has 0 spiro atoms. The second-order valence-electron chi connectivity index (χ2n) is 5.56. The molecule has 0 aromatic heterocycles. The minimum absolute atomic E-state index is 0.0709. The van der Waals surface area contributed by atoms with E-state index in [9.17, 15) is 14.4 Å². The highest BCUT2D eigenvalue weighted by Gasteiger charge is 2.22. The Morgan fingerprint density at radius 3 is 2.08 bits per heavy atom. The van der Waals surface area contributed by atoms with Crippen molar-refractivity contribution in [2.75, 3.05) is 6.54 Å². The molecule has 2 aromatic rings. The summed E-state index contributed by atoms with van der Waals surface area (Å²) in [6.07, 6.45) is -0.535. The van der Waals surface area contributed by atoms with Crippen LogP contribution in [-0.2, 0) is 27.4 Å². The summed E-state index contributed by atoms with van der Waals surface area (Å²) in [7, 11) is 0. The number of aliphatic carboxylic acids is 1. The number of nitrogens with one attached hydrogen (secondary N) is 2. The Labute approximate surface area is 151 Å². The van der Waals surface area contributed by atoms with Crippen molar-refractivity contribution in [1.29, 1.82) is 0 Å². The predicted octanol–water partition coefficient (Wildman–Crippen LogP) is 1.72. The monoisotopic (exact) mass is 356 g/mol. The number of carboxylic acids is 1. The first-order chi connectivity index (χ1) is 12.5. The van der Waals surface area contributed by atoms with Crippen molar-refractivity contribution in [3.63, 3.8) is 0 Å². The van der Waals surface area contributed by atoms with Gasteiger partial charge in [0, 0.05) is 6.42 Å². The third-order valence-corrected chi connectivity index (χ3v) is 3.52. The van der Waals surface area contributed by atoms with Gasteiger partial charge in [-0.25, -0.2) is 4.79 Å². The first-order valence-electron chi connectivity index (χ1n) is 8.05. The first kappa shape index (κ1) is 19.0. The third kappa shape index (κ3) is 6.64. The Bertz CT molecular complexity index is 734. The quantitative estimate of drug-likeness (QED) is 0.668. The Morgan fingerprint density at radius 1 is 0.923 bits per heavy atom. The summed E-state index contributed by atoms with van der Waals surface area (Å²) in [4.78, 5) is 34.9. The first-order valence-corrected chi connectivity index (χ1v) is 8.05. The van der Waals surface area contributed by atoms with Crippen LogP contribution < -0.4 is 10.6 Å². The maximum absolute atomic E-state index is 12.2. The molecule has 0 aliphatic carbocycles. The molecule has 0 aliphatic heterocycles. The summed E-state index contributed by atoms with van der Waals surface area (Å²) in [5.74, 6) is -1.75. The second kappa shape index (κ2) is 9.83. The van der Waals surface area contributed by atoms with E-state index in [1.54, 1.807) is 0 Å². The van der Waals surface area contributed by atoms with Gasteiger partial charge < -0.3 is 20.5 Å². The summed E-state index contributed by atoms with van der Waals surface area (Å²) in [6, 6.07) is 17.3. The zero-order valence-corrected chi connectivity index (χ0v) is 14.1. The van der Waals surface area contributed by atoms with Crippen LogP contribution in [0.1, 0.15) is 11.1 Å². The number of rotatable bonds is 8. The van der Waals surface area contributed by atoms with Gasteiger partial charge in [-0.2, -0.15) is 0 Å². The molecular weight excluding hydrogens is 336 g/mol. The Hall–Kier alpha value is -3.35. The molecule has 0 fully saturated rings. The third-order valence-electron chi connectivity index (χ3n) is 3.52. The normalized spacial score (nSPS) is 11.2. The number of hydrogen-bond donors (Lipinski definition) is 3. The van der Waals surface area contributed by atoms with Gasteiger partial charge in [0.1, 0.15) is 19.2 Å². The van der Waals surface area contributed by atoms with Gasteiger partial charge in [0.2, 0.25) is 5.91 Å². The molecule has 0 heterocycles. The van der Waals surface area contributed by atoms with Crippen LogP contribution in [0.15, 0.2) is 60.7 Å². The number of benzene rings is 2. The number of amides is 2. The number of ether oxygens (including phenoxy) is 1. The van der Waals surface area contributed by atoms with Crippen molar-refractivity contribution in [1.82, 2.24) is 10.6 Å². The van der Waals surface area contributed by atoms with Crippen LogP contribution in [0.4, 0.5) is 4.79 Å². The minimum atomic E-state index is -1.16. The van der Waals surface area contributed by atoms with Crippen LogP contribution in [0.25, 0.3) is 0 Å². The summed E-state index contributed by atoms with van der Waals surface area (Å²) >= 11 is 0. The van der Waals surface area contributed by atoms with Gasteiger partial charge in [0.25, 0.3) is 0 Å². The van der Waals surface area contributed by atoms with Crippen LogP contribution in [0.3, 0.4) is 0 Å². The van der Waals surface area contributed by atoms with Crippen molar-refractivity contribution < 1.29 is 24.2 Å². The zero-order chi connectivity index (χ0) is 18.8. The van der Waals surface area contributed by atoms with Gasteiger partial charge in [-0.1, -0.05) is 60.7 Å². The van der Waals surface area contributed by atoms with Crippen molar-refractivity contribution in [3.8, 4) is 0 Å². The molecule has 7 heteroatoms. The fraction of sp³-hybridized carbons (Fsp3) is 0.211. The minimum Gasteiger partial charge on any atom is -0.480 e. The number of hydrogen-bond acceptors (Lipinski definition) is 4. The Kier molecular flexibility index (Phi) is 7.17. The SMILES string of the molecule is O=C(O)CNC(=O)[C@@H](Cc1ccccc1)NC(=O)OCc1ccccc1. The molecule has 2 aromatic carbocycles. The summed E-state index contributed by atoms with van der Waals surface area (Å²) < 4.78 is 5.13. The molecule has 3 N–H and O–H groups in total. The van der Waals surface area contributed by atoms with Crippen molar-refractivity contribution >= 4 is 18.0 Å². The van der Waals surface area contributed by atoms with E-state index >= 15 is 0 Å². The molecule has 0 saturated carbocycles. The average molecular weight is 356 g/mol. The highest BCUT2D eigenvalue weighted by Crippen LogP contribution is 2.05. The van der Waals surface area contributed by atoms with Crippen LogP contribution in [-0.4, -0.2) is 35.7 Å². The zero-order valence-electron chi connectivity index (χ0n) is 14.1. The maximum atomic E-state index is 12.2. The van der Waals surface area contributed by atoms with Crippen LogP contribution >= 0.6 is 0 Å². The molecule has 2 amide bonds. The molecule has 26 heavy (non-hydrogen) atoms. The van der Waals surface area contributed by atoms with E-state index in [1.807, 2.05) is 60.7 Å². The molecule has 7 nitrogen and oxygen atoms in total. The van der Waals surface area contributed by atoms with E-state index in [0.717, 1.165) is 11.1 Å². The molecule has 0 unspecified atom stereocenters. The Balaban J connectivity index is 1.96. The number of carboxylic acid groups (broad SMARTS) is 1. The van der Waals surface area contributed by atoms with Gasteiger partial charge in [0.15, 0.2) is 0 Å². The molecule has 0 saturated heterocycles. The number of carbonyl (C=O) groups excluding carboxylic acids is 2. The molecule has 0 radical (unpaired) electrons. The standard InChI is InChI=1S/C19H20N2O5/c22-17(23)12-20-18(24)16(11-14-7-3-1-4-8-14)21-19(25)26-13-15-9-5-2-6-10-15/h1-10,16H,11-13H2,(H,20,24)(H,21,25)(H,22,23)/t16-/m1/s1. The topological polar surface area (TPSA) is 105 Å². The molecular formula is C19H20N2O5. The predicted molar refractivity (Wildman–Crippen MR) is 94.3 cm³/mol. The lowest BCUT2D eigenvalue weighted by Crippen LogP contribution is -2.49. The van der Waals surface area contributed by atoms with E-state index in [4.69, 9.17) is 9.84 Å². The number of alkyl carbamates (subject to hydrolysis) is 1. The maximum Gasteiger partial charge on any atom is 0.408 e. The van der Waals surface area contributed by atoms with E-state index in [1.165, 1.54) is 0 Å². The van der Waals surface area contributed by atoms with E-state index in [-0.39, 0.29) is 13.0 Å². The molecule has 0 bridgehead atoms. The van der Waals surface area contributed by atoms with Crippen molar-refractivity contribution in [3.05, 3.63) is 71.8 Å². The molecule has 0 aliphatic rings. The lowest BCUT2D eigenvalue weighted by atomic mass is 10.1. The lowest BCUT2D eigenvalue weighted by molar-refractivity contribution is -0.138. The fourth-order valence-electron chi connectivity index (χ4n) is 2.25. The molecule has 1 atom stereocenters. The summed E-state index contributed by atoms with van der Waals surface area (Å²) in [5.41, 5.74) is 1.64. The van der Waals surface area contributed by atoms with Gasteiger partial charge in [0.05, 0.1) is 0 Å². The van der Waals surface area contributed by atoms with Gasteiger partial charge >= 0.3 is 12.1 Å². The van der Waals surface area contributed by atoms with Gasteiger partial charge in [-0.3, -0.25) is 9.59 Å².